The van der Waals surface area contributed by atoms with E-state index in [-0.39, 0.29) is 13.0 Å². The van der Waals surface area contributed by atoms with Gasteiger partial charge < -0.3 is 15.3 Å². The van der Waals surface area contributed by atoms with E-state index in [0.29, 0.717) is 0 Å². The monoisotopic (exact) mass is 252 g/mol. The van der Waals surface area contributed by atoms with Crippen LogP contribution in [0.15, 0.2) is 12.1 Å². The Balaban J connectivity index is 3.19. The van der Waals surface area contributed by atoms with Crippen molar-refractivity contribution < 1.29 is 15.3 Å². The lowest BCUT2D eigenvalue weighted by atomic mass is 9.89. The molecule has 1 aromatic rings. The van der Waals surface area contributed by atoms with Crippen LogP contribution in [0, 0.1) is 6.92 Å². The number of hydrogen-bond donors (Lipinski definition) is 3. The van der Waals surface area contributed by atoms with Crippen LogP contribution in [0.5, 0.6) is 0 Å². The SMILES string of the molecule is CCc1cc(C)cc(CC)c1C(O)C(O)CCO. The van der Waals surface area contributed by atoms with Crippen LogP contribution in [-0.2, 0) is 12.8 Å². The summed E-state index contributed by atoms with van der Waals surface area (Å²) in [6, 6.07) is 4.12. The van der Waals surface area contributed by atoms with Gasteiger partial charge in [0.2, 0.25) is 0 Å². The molecule has 3 nitrogen and oxygen atoms in total. The number of rotatable bonds is 6. The molecule has 0 aliphatic rings. The molecule has 0 radical (unpaired) electrons. The lowest BCUT2D eigenvalue weighted by Gasteiger charge is -2.23. The van der Waals surface area contributed by atoms with Crippen molar-refractivity contribution >= 4 is 0 Å². The fraction of sp³-hybridized carbons (Fsp3) is 0.600. The lowest BCUT2D eigenvalue weighted by Crippen LogP contribution is -2.22. The third-order valence-corrected chi connectivity index (χ3v) is 3.34. The van der Waals surface area contributed by atoms with E-state index < -0.39 is 12.2 Å². The first-order valence-electron chi connectivity index (χ1n) is 6.64. The van der Waals surface area contributed by atoms with Crippen molar-refractivity contribution in [2.45, 2.75) is 52.2 Å². The second-order valence-corrected chi connectivity index (χ2v) is 4.73. The van der Waals surface area contributed by atoms with Gasteiger partial charge in [0.15, 0.2) is 0 Å². The zero-order valence-electron chi connectivity index (χ0n) is 11.5. The smallest absolute Gasteiger partial charge is 0.105 e. The van der Waals surface area contributed by atoms with Crippen LogP contribution in [0.25, 0.3) is 0 Å². The molecule has 3 heteroatoms. The maximum absolute atomic E-state index is 10.3. The van der Waals surface area contributed by atoms with Gasteiger partial charge in [-0.3, -0.25) is 0 Å². The Hall–Kier alpha value is -0.900. The maximum atomic E-state index is 10.3. The normalized spacial score (nSPS) is 14.6. The molecule has 0 bridgehead atoms. The second kappa shape index (κ2) is 6.88. The molecule has 0 saturated heterocycles. The van der Waals surface area contributed by atoms with E-state index in [1.165, 1.54) is 5.56 Å². The Kier molecular flexibility index (Phi) is 5.79. The zero-order valence-corrected chi connectivity index (χ0v) is 11.5. The number of benzene rings is 1. The number of aryl methyl sites for hydroxylation is 3. The first-order valence-corrected chi connectivity index (χ1v) is 6.64. The summed E-state index contributed by atoms with van der Waals surface area (Å²) in [5.74, 6) is 0. The summed E-state index contributed by atoms with van der Waals surface area (Å²) in [6.45, 7) is 6.01. The summed E-state index contributed by atoms with van der Waals surface area (Å²) in [6.07, 6.45) is 0.0252. The van der Waals surface area contributed by atoms with E-state index in [4.69, 9.17) is 5.11 Å². The maximum Gasteiger partial charge on any atom is 0.105 e. The minimum absolute atomic E-state index is 0.118. The molecule has 2 unspecified atom stereocenters. The van der Waals surface area contributed by atoms with Crippen molar-refractivity contribution in [2.75, 3.05) is 6.61 Å². The molecule has 3 N–H and O–H groups in total. The van der Waals surface area contributed by atoms with Crippen molar-refractivity contribution in [2.24, 2.45) is 0 Å². The van der Waals surface area contributed by atoms with Gasteiger partial charge in [0.05, 0.1) is 6.10 Å². The van der Waals surface area contributed by atoms with Crippen molar-refractivity contribution in [3.05, 3.63) is 34.4 Å². The molecule has 0 amide bonds. The quantitative estimate of drug-likeness (QED) is 0.724. The molecule has 0 spiro atoms. The van der Waals surface area contributed by atoms with Crippen molar-refractivity contribution in [1.29, 1.82) is 0 Å². The Labute approximate surface area is 109 Å². The van der Waals surface area contributed by atoms with E-state index in [0.717, 1.165) is 29.5 Å². The van der Waals surface area contributed by atoms with Gasteiger partial charge in [0.1, 0.15) is 6.10 Å². The topological polar surface area (TPSA) is 60.7 Å². The predicted molar refractivity (Wildman–Crippen MR) is 72.6 cm³/mol. The molecule has 0 aliphatic carbocycles. The van der Waals surface area contributed by atoms with Crippen LogP contribution in [-0.4, -0.2) is 28.0 Å². The van der Waals surface area contributed by atoms with Crippen molar-refractivity contribution in [3.63, 3.8) is 0 Å². The first-order chi connectivity index (χ1) is 8.54. The van der Waals surface area contributed by atoms with Crippen LogP contribution in [0.2, 0.25) is 0 Å². The average Bonchev–Trinajstić information content (AvgIpc) is 2.36. The molecule has 0 fully saturated rings. The summed E-state index contributed by atoms with van der Waals surface area (Å²) in [4.78, 5) is 0. The van der Waals surface area contributed by atoms with Gasteiger partial charge in [-0.05, 0) is 42.9 Å². The molecule has 18 heavy (non-hydrogen) atoms. The minimum Gasteiger partial charge on any atom is -0.396 e. The standard InChI is InChI=1S/C15H24O3/c1-4-11-8-10(3)9-12(5-2)14(11)15(18)13(17)6-7-16/h8-9,13,15-18H,4-7H2,1-3H3. The van der Waals surface area contributed by atoms with E-state index in [1.54, 1.807) is 0 Å². The summed E-state index contributed by atoms with van der Waals surface area (Å²) in [5.41, 5.74) is 4.18. The molecular weight excluding hydrogens is 228 g/mol. The highest BCUT2D eigenvalue weighted by molar-refractivity contribution is 5.41. The number of aliphatic hydroxyl groups is 3. The van der Waals surface area contributed by atoms with Gasteiger partial charge in [-0.15, -0.1) is 0 Å². The van der Waals surface area contributed by atoms with Gasteiger partial charge in [0, 0.05) is 6.61 Å². The second-order valence-electron chi connectivity index (χ2n) is 4.73. The third kappa shape index (κ3) is 3.31. The van der Waals surface area contributed by atoms with E-state index in [1.807, 2.05) is 20.8 Å². The van der Waals surface area contributed by atoms with Gasteiger partial charge >= 0.3 is 0 Å². The molecule has 0 saturated carbocycles. The van der Waals surface area contributed by atoms with E-state index in [9.17, 15) is 10.2 Å². The number of aliphatic hydroxyl groups excluding tert-OH is 3. The molecular formula is C15H24O3. The highest BCUT2D eigenvalue weighted by atomic mass is 16.3. The first kappa shape index (κ1) is 15.2. The van der Waals surface area contributed by atoms with Gasteiger partial charge in [-0.25, -0.2) is 0 Å². The summed E-state index contributed by atoms with van der Waals surface area (Å²) in [7, 11) is 0. The summed E-state index contributed by atoms with van der Waals surface area (Å²) in [5, 5.41) is 29.0. The molecule has 102 valence electrons. The molecule has 1 aromatic carbocycles. The lowest BCUT2D eigenvalue weighted by molar-refractivity contribution is 0.00332. The predicted octanol–water partition coefficient (Wildman–Crippen LogP) is 1.90. The highest BCUT2D eigenvalue weighted by Gasteiger charge is 2.22. The van der Waals surface area contributed by atoms with Crippen LogP contribution >= 0.6 is 0 Å². The van der Waals surface area contributed by atoms with Crippen LogP contribution in [0.4, 0.5) is 0 Å². The average molecular weight is 252 g/mol. The molecule has 1 rings (SSSR count). The summed E-state index contributed by atoms with van der Waals surface area (Å²) >= 11 is 0. The zero-order chi connectivity index (χ0) is 13.7. The number of hydrogen-bond acceptors (Lipinski definition) is 3. The highest BCUT2D eigenvalue weighted by Crippen LogP contribution is 2.28. The molecule has 0 aliphatic heterocycles. The fourth-order valence-corrected chi connectivity index (χ4v) is 2.40. The van der Waals surface area contributed by atoms with Crippen molar-refractivity contribution in [3.8, 4) is 0 Å². The van der Waals surface area contributed by atoms with Gasteiger partial charge in [-0.1, -0.05) is 31.5 Å². The van der Waals surface area contributed by atoms with E-state index >= 15 is 0 Å². The Morgan fingerprint density at radius 2 is 1.56 bits per heavy atom. The molecule has 0 aromatic heterocycles. The molecule has 2 atom stereocenters. The van der Waals surface area contributed by atoms with Crippen molar-refractivity contribution in [1.82, 2.24) is 0 Å². The molecule has 0 heterocycles. The summed E-state index contributed by atoms with van der Waals surface area (Å²) < 4.78 is 0. The fourth-order valence-electron chi connectivity index (χ4n) is 2.40. The van der Waals surface area contributed by atoms with Gasteiger partial charge in [-0.2, -0.15) is 0 Å². The third-order valence-electron chi connectivity index (χ3n) is 3.34. The van der Waals surface area contributed by atoms with Crippen LogP contribution in [0.1, 0.15) is 48.6 Å². The Morgan fingerprint density at radius 1 is 1.06 bits per heavy atom. The van der Waals surface area contributed by atoms with Gasteiger partial charge in [0.25, 0.3) is 0 Å². The Bertz CT molecular complexity index is 362. The van der Waals surface area contributed by atoms with Crippen LogP contribution in [0.3, 0.4) is 0 Å². The van der Waals surface area contributed by atoms with E-state index in [2.05, 4.69) is 12.1 Å². The largest absolute Gasteiger partial charge is 0.396 e. The minimum atomic E-state index is -0.914. The van der Waals surface area contributed by atoms with Crippen LogP contribution < -0.4 is 0 Å². The Morgan fingerprint density at radius 3 is 1.94 bits per heavy atom.